The monoisotopic (exact) mass is 498 g/mol. The molecular formula is C25H25F3N6O2. The number of piperazine rings is 1. The molecule has 3 aromatic rings. The average molecular weight is 499 g/mol. The second kappa shape index (κ2) is 10.5. The van der Waals surface area contributed by atoms with Crippen molar-refractivity contribution in [2.24, 2.45) is 0 Å². The van der Waals surface area contributed by atoms with E-state index in [2.05, 4.69) is 31.3 Å². The van der Waals surface area contributed by atoms with Crippen LogP contribution in [0.4, 0.5) is 18.9 Å². The second-order valence-electron chi connectivity index (χ2n) is 8.64. The number of hydrogen-bond donors (Lipinski definition) is 1. The van der Waals surface area contributed by atoms with Crippen LogP contribution in [0.5, 0.6) is 0 Å². The van der Waals surface area contributed by atoms with Crippen LogP contribution in [-0.4, -0.2) is 58.1 Å². The lowest BCUT2D eigenvalue weighted by Crippen LogP contribution is -2.53. The van der Waals surface area contributed by atoms with Gasteiger partial charge >= 0.3 is 6.18 Å². The van der Waals surface area contributed by atoms with E-state index in [-0.39, 0.29) is 29.4 Å². The summed E-state index contributed by atoms with van der Waals surface area (Å²) in [6.45, 7) is 6.28. The van der Waals surface area contributed by atoms with Crippen LogP contribution >= 0.6 is 0 Å². The largest absolute Gasteiger partial charge is 0.416 e. The van der Waals surface area contributed by atoms with Crippen LogP contribution in [0.15, 0.2) is 53.1 Å². The fourth-order valence-corrected chi connectivity index (χ4v) is 4.10. The Morgan fingerprint density at radius 1 is 1.08 bits per heavy atom. The lowest BCUT2D eigenvalue weighted by Gasteiger charge is -2.39. The molecule has 0 spiro atoms. The van der Waals surface area contributed by atoms with Crippen molar-refractivity contribution < 1.29 is 22.5 Å². The number of nitrogens with one attached hydrogen (secondary N) is 1. The Hall–Kier alpha value is -3.75. The summed E-state index contributed by atoms with van der Waals surface area (Å²) in [6.07, 6.45) is -4.45. The molecule has 1 amide bonds. The highest BCUT2D eigenvalue weighted by Gasteiger charge is 2.32. The third-order valence-electron chi connectivity index (χ3n) is 6.33. The van der Waals surface area contributed by atoms with E-state index in [1.165, 1.54) is 12.1 Å². The molecule has 2 aromatic carbocycles. The van der Waals surface area contributed by atoms with Crippen LogP contribution in [-0.2, 0) is 11.0 Å². The number of benzene rings is 2. The summed E-state index contributed by atoms with van der Waals surface area (Å²) < 4.78 is 44.5. The number of alkyl halides is 3. The zero-order valence-electron chi connectivity index (χ0n) is 19.8. The summed E-state index contributed by atoms with van der Waals surface area (Å²) in [4.78, 5) is 21.2. The van der Waals surface area contributed by atoms with Crippen molar-refractivity contribution in [1.82, 2.24) is 19.9 Å². The smallest absolute Gasteiger partial charge is 0.337 e. The maximum absolute atomic E-state index is 13.0. The van der Waals surface area contributed by atoms with Gasteiger partial charge in [0.2, 0.25) is 17.6 Å². The number of rotatable bonds is 6. The van der Waals surface area contributed by atoms with Gasteiger partial charge in [0.05, 0.1) is 29.3 Å². The normalized spacial score (nSPS) is 16.8. The van der Waals surface area contributed by atoms with Crippen LogP contribution < -0.4 is 5.32 Å². The molecule has 1 aliphatic rings. The van der Waals surface area contributed by atoms with E-state index in [1.54, 1.807) is 24.3 Å². The molecule has 0 aliphatic carbocycles. The molecule has 11 heteroatoms. The van der Waals surface area contributed by atoms with E-state index in [0.717, 1.165) is 12.1 Å². The number of anilines is 1. The fourth-order valence-electron chi connectivity index (χ4n) is 4.10. The first-order chi connectivity index (χ1) is 17.2. The zero-order valence-corrected chi connectivity index (χ0v) is 19.8. The number of carbonyl (C=O) groups is 1. The third-order valence-corrected chi connectivity index (χ3v) is 6.33. The van der Waals surface area contributed by atoms with Gasteiger partial charge in [0.15, 0.2) is 0 Å². The van der Waals surface area contributed by atoms with Gasteiger partial charge in [-0.3, -0.25) is 14.6 Å². The first-order valence-corrected chi connectivity index (χ1v) is 11.5. The number of aromatic nitrogens is 2. The molecule has 1 N–H and O–H groups in total. The first kappa shape index (κ1) is 25.3. The molecular weight excluding hydrogens is 473 g/mol. The van der Waals surface area contributed by atoms with Crippen molar-refractivity contribution in [3.05, 3.63) is 65.5 Å². The highest BCUT2D eigenvalue weighted by atomic mass is 19.4. The van der Waals surface area contributed by atoms with Gasteiger partial charge in [0.1, 0.15) is 0 Å². The van der Waals surface area contributed by atoms with Gasteiger partial charge in [0.25, 0.3) is 0 Å². The minimum Gasteiger partial charge on any atom is -0.337 e. The lowest BCUT2D eigenvalue weighted by molar-refractivity contribution is -0.137. The number of nitrogens with zero attached hydrogens (tertiary/aromatic N) is 5. The molecule has 1 fully saturated rings. The van der Waals surface area contributed by atoms with E-state index in [0.29, 0.717) is 43.3 Å². The molecule has 0 radical (unpaired) electrons. The quantitative estimate of drug-likeness (QED) is 0.540. The Labute approximate surface area is 206 Å². The summed E-state index contributed by atoms with van der Waals surface area (Å²) in [5.74, 6) is 0.264. The van der Waals surface area contributed by atoms with E-state index >= 15 is 0 Å². The minimum absolute atomic E-state index is 0.104. The number of amides is 1. The van der Waals surface area contributed by atoms with E-state index in [1.807, 2.05) is 13.8 Å². The molecule has 0 saturated carbocycles. The van der Waals surface area contributed by atoms with Crippen molar-refractivity contribution in [3.63, 3.8) is 0 Å². The molecule has 0 bridgehead atoms. The molecule has 8 nitrogen and oxygen atoms in total. The highest BCUT2D eigenvalue weighted by molar-refractivity contribution is 5.94. The fraction of sp³-hybridized carbons (Fsp3) is 0.360. The van der Waals surface area contributed by atoms with Gasteiger partial charge < -0.3 is 9.84 Å². The molecule has 2 atom stereocenters. The Kier molecular flexibility index (Phi) is 7.37. The summed E-state index contributed by atoms with van der Waals surface area (Å²) in [6, 6.07) is 13.0. The molecule has 4 rings (SSSR count). The number of hydrogen-bond acceptors (Lipinski definition) is 7. The van der Waals surface area contributed by atoms with Crippen LogP contribution in [0.3, 0.4) is 0 Å². The third kappa shape index (κ3) is 5.72. The van der Waals surface area contributed by atoms with Crippen LogP contribution in [0.2, 0.25) is 0 Å². The Morgan fingerprint density at radius 2 is 1.78 bits per heavy atom. The molecule has 1 aromatic heterocycles. The molecule has 0 unspecified atom stereocenters. The van der Waals surface area contributed by atoms with E-state index in [9.17, 15) is 18.0 Å². The van der Waals surface area contributed by atoms with Crippen molar-refractivity contribution in [2.45, 2.75) is 32.1 Å². The molecule has 188 valence electrons. The number of carbonyl (C=O) groups excluding carboxylic acids is 1. The maximum Gasteiger partial charge on any atom is 0.416 e. The zero-order chi connectivity index (χ0) is 25.9. The summed E-state index contributed by atoms with van der Waals surface area (Å²) in [5, 5.41) is 15.8. The summed E-state index contributed by atoms with van der Waals surface area (Å²) in [7, 11) is 0. The standard InChI is InChI=1S/C25H25F3N6O2/c1-16(23(35)30-21-8-3-5-18(13-21)15-29)33-9-11-34(12-10-33)17(2)24-31-22(32-36-24)19-6-4-7-20(14-19)25(26,27)28/h3-8,13-14,16-17H,9-12H2,1-2H3,(H,30,35)/t16-,17+/m1/s1. The lowest BCUT2D eigenvalue weighted by atomic mass is 10.1. The Bertz CT molecular complexity index is 1260. The van der Waals surface area contributed by atoms with Gasteiger partial charge in [-0.2, -0.15) is 23.4 Å². The molecule has 1 aliphatic heterocycles. The van der Waals surface area contributed by atoms with E-state index in [4.69, 9.17) is 9.78 Å². The highest BCUT2D eigenvalue weighted by Crippen LogP contribution is 2.32. The van der Waals surface area contributed by atoms with Crippen molar-refractivity contribution in [3.8, 4) is 17.5 Å². The van der Waals surface area contributed by atoms with E-state index < -0.39 is 11.7 Å². The van der Waals surface area contributed by atoms with Crippen molar-refractivity contribution in [2.75, 3.05) is 31.5 Å². The average Bonchev–Trinajstić information content (AvgIpc) is 3.38. The number of halogens is 3. The summed E-state index contributed by atoms with van der Waals surface area (Å²) >= 11 is 0. The summed E-state index contributed by atoms with van der Waals surface area (Å²) in [5.41, 5.74) is 0.509. The number of nitriles is 1. The molecule has 2 heterocycles. The predicted octanol–water partition coefficient (Wildman–Crippen LogP) is 4.33. The minimum atomic E-state index is -4.45. The van der Waals surface area contributed by atoms with Crippen molar-refractivity contribution >= 4 is 11.6 Å². The first-order valence-electron chi connectivity index (χ1n) is 11.5. The van der Waals surface area contributed by atoms with Crippen LogP contribution in [0.1, 0.15) is 36.9 Å². The predicted molar refractivity (Wildman–Crippen MR) is 126 cm³/mol. The van der Waals surface area contributed by atoms with Crippen molar-refractivity contribution in [1.29, 1.82) is 5.26 Å². The Balaban J connectivity index is 1.34. The molecule has 1 saturated heterocycles. The van der Waals surface area contributed by atoms with Crippen LogP contribution in [0.25, 0.3) is 11.4 Å². The van der Waals surface area contributed by atoms with Gasteiger partial charge in [-0.25, -0.2) is 0 Å². The van der Waals surface area contributed by atoms with Crippen LogP contribution in [0, 0.1) is 11.3 Å². The van der Waals surface area contributed by atoms with Gasteiger partial charge in [-0.1, -0.05) is 23.4 Å². The van der Waals surface area contributed by atoms with Gasteiger partial charge in [-0.15, -0.1) is 0 Å². The molecule has 36 heavy (non-hydrogen) atoms. The SMILES string of the molecule is C[C@H](C(=O)Nc1cccc(C#N)c1)N1CCN([C@@H](C)c2nc(-c3cccc(C(F)(F)F)c3)no2)CC1. The second-order valence-corrected chi connectivity index (χ2v) is 8.64. The van der Waals surface area contributed by atoms with Gasteiger partial charge in [-0.05, 0) is 44.2 Å². The topological polar surface area (TPSA) is 98.3 Å². The van der Waals surface area contributed by atoms with Gasteiger partial charge in [0, 0.05) is 37.4 Å². The Morgan fingerprint density at radius 3 is 2.47 bits per heavy atom. The maximum atomic E-state index is 13.0.